The Balaban J connectivity index is 1.41. The summed E-state index contributed by atoms with van der Waals surface area (Å²) in [7, 11) is 0. The Labute approximate surface area is 210 Å². The van der Waals surface area contributed by atoms with Crippen molar-refractivity contribution in [3.63, 3.8) is 0 Å². The number of carbonyl (C=O) groups excluding carboxylic acids is 1. The van der Waals surface area contributed by atoms with E-state index in [1.165, 1.54) is 11.8 Å². The number of amides is 1. The summed E-state index contributed by atoms with van der Waals surface area (Å²) in [6, 6.07) is 25.6. The molecule has 1 aliphatic heterocycles. The summed E-state index contributed by atoms with van der Waals surface area (Å²) >= 11 is 10.3. The lowest BCUT2D eigenvalue weighted by molar-refractivity contribution is -0.113. The number of benzene rings is 3. The van der Waals surface area contributed by atoms with Crippen LogP contribution in [0, 0.1) is 0 Å². The van der Waals surface area contributed by atoms with E-state index in [4.69, 9.17) is 17.0 Å². The number of para-hydroxylation sites is 2. The van der Waals surface area contributed by atoms with E-state index >= 15 is 0 Å². The molecule has 164 valence electrons. The van der Waals surface area contributed by atoms with Gasteiger partial charge in [0, 0.05) is 27.1 Å². The monoisotopic (exact) mass is 534 g/mol. The maximum atomic E-state index is 13.2. The predicted octanol–water partition coefficient (Wildman–Crippen LogP) is 6.89. The van der Waals surface area contributed by atoms with E-state index in [0.29, 0.717) is 22.4 Å². The van der Waals surface area contributed by atoms with Crippen LogP contribution in [-0.2, 0) is 11.3 Å². The summed E-state index contributed by atoms with van der Waals surface area (Å²) in [5.41, 5.74) is 2.86. The van der Waals surface area contributed by atoms with Crippen molar-refractivity contribution in [1.82, 2.24) is 4.57 Å². The minimum atomic E-state index is -0.100. The highest BCUT2D eigenvalue weighted by Gasteiger charge is 2.33. The normalized spacial score (nSPS) is 15.1. The summed E-state index contributed by atoms with van der Waals surface area (Å²) in [4.78, 5) is 15.4. The molecule has 2 heterocycles. The minimum absolute atomic E-state index is 0.100. The molecule has 0 saturated carbocycles. The smallest absolute Gasteiger partial charge is 0.270 e. The number of hydrogen-bond donors (Lipinski definition) is 0. The van der Waals surface area contributed by atoms with Crippen molar-refractivity contribution in [3.05, 3.63) is 100 Å². The first kappa shape index (κ1) is 21.9. The van der Waals surface area contributed by atoms with Gasteiger partial charge in [-0.15, -0.1) is 0 Å². The predicted molar refractivity (Wildman–Crippen MR) is 144 cm³/mol. The van der Waals surface area contributed by atoms with Crippen molar-refractivity contribution in [2.75, 3.05) is 11.5 Å². The number of ether oxygens (including phenoxy) is 1. The van der Waals surface area contributed by atoms with Gasteiger partial charge in [-0.3, -0.25) is 9.69 Å². The molecule has 0 spiro atoms. The molecule has 0 N–H and O–H groups in total. The molecule has 1 aliphatic rings. The van der Waals surface area contributed by atoms with Gasteiger partial charge >= 0.3 is 0 Å². The number of hydrogen-bond acceptors (Lipinski definition) is 4. The van der Waals surface area contributed by atoms with Gasteiger partial charge in [0.15, 0.2) is 4.32 Å². The van der Waals surface area contributed by atoms with Crippen molar-refractivity contribution in [1.29, 1.82) is 0 Å². The van der Waals surface area contributed by atoms with Crippen molar-refractivity contribution < 1.29 is 9.53 Å². The van der Waals surface area contributed by atoms with Gasteiger partial charge in [0.1, 0.15) is 12.4 Å². The first-order valence-corrected chi connectivity index (χ1v) is 12.4. The molecule has 0 unspecified atom stereocenters. The molecule has 0 bridgehead atoms. The SMILES string of the molecule is O=C1/C(=C/c2cn(CCOc3ccccc3)c3ccccc23)SC(=S)N1c1ccc(Br)cc1. The molecule has 1 saturated heterocycles. The van der Waals surface area contributed by atoms with Crippen molar-refractivity contribution in [2.24, 2.45) is 0 Å². The average molecular weight is 535 g/mol. The maximum Gasteiger partial charge on any atom is 0.270 e. The van der Waals surface area contributed by atoms with Gasteiger partial charge in [-0.2, -0.15) is 0 Å². The average Bonchev–Trinajstić information content (AvgIpc) is 3.32. The molecule has 4 aromatic rings. The number of nitrogens with zero attached hydrogens (tertiary/aromatic N) is 2. The van der Waals surface area contributed by atoms with Crippen molar-refractivity contribution in [2.45, 2.75) is 6.54 Å². The number of thioether (sulfide) groups is 1. The van der Waals surface area contributed by atoms with Crippen LogP contribution in [0.15, 0.2) is 94.4 Å². The molecule has 4 nitrogen and oxygen atoms in total. The van der Waals surface area contributed by atoms with Crippen LogP contribution in [0.3, 0.4) is 0 Å². The van der Waals surface area contributed by atoms with E-state index in [-0.39, 0.29) is 5.91 Å². The van der Waals surface area contributed by atoms with E-state index in [0.717, 1.165) is 32.4 Å². The van der Waals surface area contributed by atoms with Crippen LogP contribution >= 0.6 is 39.9 Å². The lowest BCUT2D eigenvalue weighted by Gasteiger charge is -2.14. The van der Waals surface area contributed by atoms with Gasteiger partial charge in [0.25, 0.3) is 5.91 Å². The Morgan fingerprint density at radius 2 is 1.70 bits per heavy atom. The molecule has 3 aromatic carbocycles. The zero-order chi connectivity index (χ0) is 22.8. The highest BCUT2D eigenvalue weighted by Crippen LogP contribution is 2.37. The van der Waals surface area contributed by atoms with Gasteiger partial charge in [-0.05, 0) is 48.5 Å². The second kappa shape index (κ2) is 9.55. The molecular formula is C26H19BrN2O2S2. The van der Waals surface area contributed by atoms with Crippen LogP contribution in [0.25, 0.3) is 17.0 Å². The summed E-state index contributed by atoms with van der Waals surface area (Å²) in [6.45, 7) is 1.25. The molecule has 0 aliphatic carbocycles. The second-order valence-corrected chi connectivity index (χ2v) is 10.0. The van der Waals surface area contributed by atoms with Crippen LogP contribution in [0.4, 0.5) is 5.69 Å². The fourth-order valence-corrected chi connectivity index (χ4v) is 5.33. The third kappa shape index (κ3) is 4.62. The van der Waals surface area contributed by atoms with Crippen LogP contribution in [0.1, 0.15) is 5.56 Å². The Morgan fingerprint density at radius 3 is 2.48 bits per heavy atom. The molecule has 0 atom stereocenters. The first-order chi connectivity index (χ1) is 16.1. The summed E-state index contributed by atoms with van der Waals surface area (Å²) in [5, 5.41) is 1.09. The number of aromatic nitrogens is 1. The van der Waals surface area contributed by atoms with Crippen LogP contribution < -0.4 is 9.64 Å². The van der Waals surface area contributed by atoms with Crippen LogP contribution in [0.2, 0.25) is 0 Å². The summed E-state index contributed by atoms with van der Waals surface area (Å²) in [6.07, 6.45) is 4.01. The highest BCUT2D eigenvalue weighted by atomic mass is 79.9. The highest BCUT2D eigenvalue weighted by molar-refractivity contribution is 9.10. The van der Waals surface area contributed by atoms with Gasteiger partial charge in [-0.1, -0.05) is 76.3 Å². The third-order valence-corrected chi connectivity index (χ3v) is 7.16. The Morgan fingerprint density at radius 1 is 0.970 bits per heavy atom. The molecular weight excluding hydrogens is 516 g/mol. The number of rotatable bonds is 6. The lowest BCUT2D eigenvalue weighted by Crippen LogP contribution is -2.27. The van der Waals surface area contributed by atoms with Gasteiger partial charge < -0.3 is 9.30 Å². The van der Waals surface area contributed by atoms with E-state index in [1.54, 1.807) is 4.90 Å². The Kier molecular flexibility index (Phi) is 6.35. The lowest BCUT2D eigenvalue weighted by atomic mass is 10.1. The third-order valence-electron chi connectivity index (χ3n) is 5.33. The second-order valence-electron chi connectivity index (χ2n) is 7.45. The number of fused-ring (bicyclic) bond motifs is 1. The number of carbonyl (C=O) groups is 1. The van der Waals surface area contributed by atoms with E-state index < -0.39 is 0 Å². The number of halogens is 1. The maximum absolute atomic E-state index is 13.2. The largest absolute Gasteiger partial charge is 0.492 e. The topological polar surface area (TPSA) is 34.5 Å². The van der Waals surface area contributed by atoms with Crippen LogP contribution in [0.5, 0.6) is 5.75 Å². The zero-order valence-electron chi connectivity index (χ0n) is 17.5. The fourth-order valence-electron chi connectivity index (χ4n) is 3.78. The van der Waals surface area contributed by atoms with Gasteiger partial charge in [-0.25, -0.2) is 0 Å². The summed E-state index contributed by atoms with van der Waals surface area (Å²) < 4.78 is 9.54. The molecule has 1 amide bonds. The molecule has 7 heteroatoms. The Bertz CT molecular complexity index is 1360. The number of anilines is 1. The number of thiocarbonyl (C=S) groups is 1. The van der Waals surface area contributed by atoms with Gasteiger partial charge in [0.2, 0.25) is 0 Å². The molecule has 1 aromatic heterocycles. The molecule has 5 rings (SSSR count). The minimum Gasteiger partial charge on any atom is -0.492 e. The first-order valence-electron chi connectivity index (χ1n) is 10.4. The molecule has 0 radical (unpaired) electrons. The molecule has 33 heavy (non-hydrogen) atoms. The zero-order valence-corrected chi connectivity index (χ0v) is 20.7. The van der Waals surface area contributed by atoms with Crippen LogP contribution in [-0.4, -0.2) is 21.4 Å². The van der Waals surface area contributed by atoms with Gasteiger partial charge in [0.05, 0.1) is 17.1 Å². The van der Waals surface area contributed by atoms with E-state index in [1.807, 2.05) is 72.8 Å². The fraction of sp³-hybridized carbons (Fsp3) is 0.0769. The standard InChI is InChI=1S/C26H19BrN2O2S2/c27-19-10-12-20(13-11-19)29-25(30)24(33-26(29)32)16-18-17-28(23-9-5-4-8-22(18)23)14-15-31-21-6-2-1-3-7-21/h1-13,16-17H,14-15H2/b24-16-. The quantitative estimate of drug-likeness (QED) is 0.199. The van der Waals surface area contributed by atoms with E-state index in [2.05, 4.69) is 38.8 Å². The van der Waals surface area contributed by atoms with E-state index in [9.17, 15) is 4.79 Å². The van der Waals surface area contributed by atoms with Crippen molar-refractivity contribution >= 4 is 72.8 Å². The molecule has 1 fully saturated rings. The Hall–Kier alpha value is -2.87. The summed E-state index contributed by atoms with van der Waals surface area (Å²) in [5.74, 6) is 0.752. The van der Waals surface area contributed by atoms with Crippen molar-refractivity contribution in [3.8, 4) is 5.75 Å².